The lowest BCUT2D eigenvalue weighted by molar-refractivity contribution is 0.166. The molecule has 2 aromatic rings. The van der Waals surface area contributed by atoms with Crippen molar-refractivity contribution in [2.75, 3.05) is 26.7 Å². The van der Waals surface area contributed by atoms with Crippen LogP contribution in [0.15, 0.2) is 41.8 Å². The van der Waals surface area contributed by atoms with E-state index in [1.54, 1.807) is 7.11 Å². The summed E-state index contributed by atoms with van der Waals surface area (Å²) >= 11 is 1.81. The zero-order valence-corrected chi connectivity index (χ0v) is 16.1. The van der Waals surface area contributed by atoms with Crippen LogP contribution >= 0.6 is 11.3 Å². The Labute approximate surface area is 159 Å². The van der Waals surface area contributed by atoms with Gasteiger partial charge < -0.3 is 15.4 Å². The van der Waals surface area contributed by atoms with Gasteiger partial charge in [-0.05, 0) is 54.4 Å². The third kappa shape index (κ3) is 5.75. The average molecular weight is 374 g/mol. The van der Waals surface area contributed by atoms with Crippen molar-refractivity contribution in [1.82, 2.24) is 15.5 Å². The molecule has 1 aromatic heterocycles. The molecule has 1 aliphatic heterocycles. The zero-order valence-electron chi connectivity index (χ0n) is 15.2. The number of benzene rings is 1. The van der Waals surface area contributed by atoms with Gasteiger partial charge in [0, 0.05) is 31.1 Å². The largest absolute Gasteiger partial charge is 0.497 e. The smallest absolute Gasteiger partial charge is 0.315 e. The second-order valence-electron chi connectivity index (χ2n) is 6.73. The Morgan fingerprint density at radius 2 is 2.12 bits per heavy atom. The number of thiophene rings is 1. The number of nitrogens with one attached hydrogen (secondary N) is 2. The maximum atomic E-state index is 12.1. The number of methoxy groups -OCH3 is 1. The van der Waals surface area contributed by atoms with Gasteiger partial charge in [-0.3, -0.25) is 4.90 Å². The Hall–Kier alpha value is -2.05. The minimum absolute atomic E-state index is 0.101. The molecule has 0 spiro atoms. The van der Waals surface area contributed by atoms with E-state index in [9.17, 15) is 4.79 Å². The molecule has 1 atom stereocenters. The molecule has 26 heavy (non-hydrogen) atoms. The van der Waals surface area contributed by atoms with Crippen molar-refractivity contribution >= 4 is 17.4 Å². The van der Waals surface area contributed by atoms with Gasteiger partial charge in [-0.15, -0.1) is 11.3 Å². The molecule has 0 aliphatic carbocycles. The van der Waals surface area contributed by atoms with Crippen LogP contribution in [0, 0.1) is 5.92 Å². The fourth-order valence-corrected chi connectivity index (χ4v) is 4.06. The topological polar surface area (TPSA) is 53.6 Å². The highest BCUT2D eigenvalue weighted by molar-refractivity contribution is 7.09. The van der Waals surface area contributed by atoms with E-state index in [2.05, 4.69) is 33.0 Å². The highest BCUT2D eigenvalue weighted by Crippen LogP contribution is 2.20. The van der Waals surface area contributed by atoms with Crippen molar-refractivity contribution < 1.29 is 9.53 Å². The van der Waals surface area contributed by atoms with Gasteiger partial charge in [-0.25, -0.2) is 4.79 Å². The van der Waals surface area contributed by atoms with E-state index >= 15 is 0 Å². The van der Waals surface area contributed by atoms with E-state index in [1.807, 2.05) is 35.6 Å². The molecule has 2 heterocycles. The zero-order chi connectivity index (χ0) is 18.2. The standard InChI is InChI=1S/C20H27N3O2S/c1-25-18-8-6-16(7-9-18)12-21-20(24)22-13-17-4-2-10-23(14-17)15-19-5-3-11-26-19/h3,5-9,11,17H,2,4,10,12-15H2,1H3,(H2,21,22,24). The summed E-state index contributed by atoms with van der Waals surface area (Å²) in [5, 5.41) is 8.08. The molecular formula is C20H27N3O2S. The molecule has 1 aliphatic rings. The van der Waals surface area contributed by atoms with Crippen LogP contribution in [0.2, 0.25) is 0 Å². The van der Waals surface area contributed by atoms with Crippen LogP contribution in [0.25, 0.3) is 0 Å². The average Bonchev–Trinajstić information content (AvgIpc) is 3.18. The van der Waals surface area contributed by atoms with Crippen molar-refractivity contribution in [1.29, 1.82) is 0 Å². The lowest BCUT2D eigenvalue weighted by atomic mass is 9.98. The van der Waals surface area contributed by atoms with E-state index in [-0.39, 0.29) is 6.03 Å². The fourth-order valence-electron chi connectivity index (χ4n) is 3.31. The molecule has 2 N–H and O–H groups in total. The maximum Gasteiger partial charge on any atom is 0.315 e. The highest BCUT2D eigenvalue weighted by atomic mass is 32.1. The van der Waals surface area contributed by atoms with E-state index in [4.69, 9.17) is 4.74 Å². The number of piperidine rings is 1. The molecule has 140 valence electrons. The summed E-state index contributed by atoms with van der Waals surface area (Å²) in [5.41, 5.74) is 1.06. The van der Waals surface area contributed by atoms with Gasteiger partial charge in [0.15, 0.2) is 0 Å². The quantitative estimate of drug-likeness (QED) is 0.781. The predicted octanol–water partition coefficient (Wildman–Crippen LogP) is 3.47. The molecule has 5 nitrogen and oxygen atoms in total. The third-order valence-corrected chi connectivity index (χ3v) is 5.59. The molecule has 1 saturated heterocycles. The SMILES string of the molecule is COc1ccc(CNC(=O)NCC2CCCN(Cc3cccs3)C2)cc1. The number of likely N-dealkylation sites (tertiary alicyclic amines) is 1. The third-order valence-electron chi connectivity index (χ3n) is 4.73. The molecule has 0 bridgehead atoms. The van der Waals surface area contributed by atoms with Gasteiger partial charge in [0.1, 0.15) is 5.75 Å². The van der Waals surface area contributed by atoms with Gasteiger partial charge >= 0.3 is 6.03 Å². The van der Waals surface area contributed by atoms with Crippen molar-refractivity contribution in [3.63, 3.8) is 0 Å². The number of ether oxygens (including phenoxy) is 1. The highest BCUT2D eigenvalue weighted by Gasteiger charge is 2.20. The van der Waals surface area contributed by atoms with E-state index in [0.717, 1.165) is 37.5 Å². The van der Waals surface area contributed by atoms with Crippen LogP contribution in [0.5, 0.6) is 5.75 Å². The van der Waals surface area contributed by atoms with Gasteiger partial charge in [0.2, 0.25) is 0 Å². The van der Waals surface area contributed by atoms with Crippen LogP contribution in [0.1, 0.15) is 23.3 Å². The number of urea groups is 1. The number of hydrogen-bond acceptors (Lipinski definition) is 4. The lowest BCUT2D eigenvalue weighted by Crippen LogP contribution is -2.43. The van der Waals surface area contributed by atoms with Crippen molar-refractivity contribution in [2.24, 2.45) is 5.92 Å². The van der Waals surface area contributed by atoms with Crippen LogP contribution in [0.3, 0.4) is 0 Å². The summed E-state index contributed by atoms with van der Waals surface area (Å²) in [6.07, 6.45) is 2.38. The molecule has 1 aromatic carbocycles. The van der Waals surface area contributed by atoms with Crippen LogP contribution in [0.4, 0.5) is 4.79 Å². The first kappa shape index (κ1) is 18.7. The minimum Gasteiger partial charge on any atom is -0.497 e. The summed E-state index contributed by atoms with van der Waals surface area (Å²) < 4.78 is 5.14. The first-order chi connectivity index (χ1) is 12.7. The normalized spacial score (nSPS) is 17.7. The molecule has 1 fully saturated rings. The molecule has 2 amide bonds. The fraction of sp³-hybridized carbons (Fsp3) is 0.450. The minimum atomic E-state index is -0.101. The van der Waals surface area contributed by atoms with Gasteiger partial charge in [0.25, 0.3) is 0 Å². The second kappa shape index (κ2) is 9.59. The summed E-state index contributed by atoms with van der Waals surface area (Å²) in [6.45, 7) is 4.48. The first-order valence-corrected chi connectivity index (χ1v) is 10.0. The summed E-state index contributed by atoms with van der Waals surface area (Å²) in [4.78, 5) is 16.0. The second-order valence-corrected chi connectivity index (χ2v) is 7.77. The van der Waals surface area contributed by atoms with Crippen molar-refractivity contribution in [3.05, 3.63) is 52.2 Å². The molecule has 1 unspecified atom stereocenters. The van der Waals surface area contributed by atoms with Crippen LogP contribution in [-0.2, 0) is 13.1 Å². The van der Waals surface area contributed by atoms with E-state index < -0.39 is 0 Å². The van der Waals surface area contributed by atoms with E-state index in [0.29, 0.717) is 12.5 Å². The molecule has 0 radical (unpaired) electrons. The summed E-state index contributed by atoms with van der Waals surface area (Å²) in [5.74, 6) is 1.35. The van der Waals surface area contributed by atoms with Crippen LogP contribution < -0.4 is 15.4 Å². The molecular weight excluding hydrogens is 346 g/mol. The number of carbonyl (C=O) groups excluding carboxylic acids is 1. The van der Waals surface area contributed by atoms with E-state index in [1.165, 1.54) is 17.7 Å². The van der Waals surface area contributed by atoms with Gasteiger partial charge in [0.05, 0.1) is 7.11 Å². The number of carbonyl (C=O) groups is 1. The van der Waals surface area contributed by atoms with Gasteiger partial charge in [-0.1, -0.05) is 18.2 Å². The molecule has 3 rings (SSSR count). The monoisotopic (exact) mass is 373 g/mol. The number of amides is 2. The van der Waals surface area contributed by atoms with Crippen LogP contribution in [-0.4, -0.2) is 37.7 Å². The summed E-state index contributed by atoms with van der Waals surface area (Å²) in [7, 11) is 1.65. The number of hydrogen-bond donors (Lipinski definition) is 2. The Morgan fingerprint density at radius 3 is 2.85 bits per heavy atom. The Kier molecular flexibility index (Phi) is 6.91. The Morgan fingerprint density at radius 1 is 1.27 bits per heavy atom. The molecule has 6 heteroatoms. The lowest BCUT2D eigenvalue weighted by Gasteiger charge is -2.32. The van der Waals surface area contributed by atoms with Crippen molar-refractivity contribution in [2.45, 2.75) is 25.9 Å². The predicted molar refractivity (Wildman–Crippen MR) is 106 cm³/mol. The number of nitrogens with zero attached hydrogens (tertiary/aromatic N) is 1. The van der Waals surface area contributed by atoms with Gasteiger partial charge in [-0.2, -0.15) is 0 Å². The summed E-state index contributed by atoms with van der Waals surface area (Å²) in [6, 6.07) is 11.9. The first-order valence-electron chi connectivity index (χ1n) is 9.12. The Bertz CT molecular complexity index is 673. The number of rotatable bonds is 7. The Balaban J connectivity index is 1.36. The maximum absolute atomic E-state index is 12.1. The molecule has 0 saturated carbocycles. The van der Waals surface area contributed by atoms with Crippen molar-refractivity contribution in [3.8, 4) is 5.75 Å².